The van der Waals surface area contributed by atoms with Crippen LogP contribution in [0.25, 0.3) is 10.4 Å². The molecule has 0 aliphatic heterocycles. The van der Waals surface area contributed by atoms with Gasteiger partial charge in [0.25, 0.3) is 0 Å². The molecule has 1 unspecified atom stereocenters. The van der Waals surface area contributed by atoms with Crippen LogP contribution >= 0.6 is 0 Å². The molecule has 1 aromatic rings. The highest BCUT2D eigenvalue weighted by Crippen LogP contribution is 2.19. The van der Waals surface area contributed by atoms with Crippen molar-refractivity contribution in [2.24, 2.45) is 5.11 Å². The monoisotopic (exact) mass is 249 g/mol. The molecule has 1 rings (SSSR count). The van der Waals surface area contributed by atoms with Gasteiger partial charge in [-0.1, -0.05) is 11.2 Å². The quantitative estimate of drug-likeness (QED) is 0.270. The Hall–Kier alpha value is -2.11. The predicted octanol–water partition coefficient (Wildman–Crippen LogP) is 1.37. The number of methoxy groups -OCH3 is 1. The molecule has 0 aromatic carbocycles. The number of rotatable bonds is 6. The standard InChI is InChI=1S/C11H15N5O2/c1-11(10(17)18-2,14-7-8-15-16-12)9-5-3-4-6-13-9/h3-6,14H,7-8H2,1-2H3. The van der Waals surface area contributed by atoms with Crippen molar-refractivity contribution in [3.8, 4) is 0 Å². The molecule has 0 fully saturated rings. The largest absolute Gasteiger partial charge is 0.467 e. The van der Waals surface area contributed by atoms with Crippen LogP contribution in [0.1, 0.15) is 12.6 Å². The fourth-order valence-corrected chi connectivity index (χ4v) is 1.53. The first kappa shape index (κ1) is 14.0. The van der Waals surface area contributed by atoms with Gasteiger partial charge in [-0.25, -0.2) is 4.79 Å². The summed E-state index contributed by atoms with van der Waals surface area (Å²) in [5, 5.41) is 6.40. The Morgan fingerprint density at radius 2 is 2.44 bits per heavy atom. The average molecular weight is 249 g/mol. The van der Waals surface area contributed by atoms with Crippen molar-refractivity contribution >= 4 is 5.97 Å². The summed E-state index contributed by atoms with van der Waals surface area (Å²) < 4.78 is 4.78. The Kier molecular flexibility index (Phi) is 5.10. The lowest BCUT2D eigenvalue weighted by Gasteiger charge is -2.27. The first-order chi connectivity index (χ1) is 8.65. The van der Waals surface area contributed by atoms with Crippen molar-refractivity contribution in [2.75, 3.05) is 20.2 Å². The molecule has 7 nitrogen and oxygen atoms in total. The van der Waals surface area contributed by atoms with Crippen molar-refractivity contribution in [1.82, 2.24) is 10.3 Å². The van der Waals surface area contributed by atoms with Crippen LogP contribution in [0.15, 0.2) is 29.5 Å². The molecule has 7 heteroatoms. The lowest BCUT2D eigenvalue weighted by molar-refractivity contribution is -0.148. The number of carbonyl (C=O) groups is 1. The zero-order valence-corrected chi connectivity index (χ0v) is 10.3. The molecule has 18 heavy (non-hydrogen) atoms. The second-order valence-corrected chi connectivity index (χ2v) is 3.71. The molecule has 1 atom stereocenters. The van der Waals surface area contributed by atoms with E-state index in [0.29, 0.717) is 12.2 Å². The van der Waals surface area contributed by atoms with E-state index < -0.39 is 11.5 Å². The van der Waals surface area contributed by atoms with E-state index in [9.17, 15) is 4.79 Å². The molecule has 0 radical (unpaired) electrons. The third kappa shape index (κ3) is 3.19. The number of pyridine rings is 1. The minimum Gasteiger partial charge on any atom is -0.467 e. The summed E-state index contributed by atoms with van der Waals surface area (Å²) in [5.74, 6) is -0.442. The third-order valence-electron chi connectivity index (χ3n) is 2.52. The van der Waals surface area contributed by atoms with Crippen molar-refractivity contribution in [2.45, 2.75) is 12.5 Å². The zero-order chi connectivity index (χ0) is 13.4. The molecule has 0 bridgehead atoms. The normalized spacial score (nSPS) is 13.2. The van der Waals surface area contributed by atoms with E-state index >= 15 is 0 Å². The predicted molar refractivity (Wildman–Crippen MR) is 65.6 cm³/mol. The zero-order valence-electron chi connectivity index (χ0n) is 10.3. The Morgan fingerprint density at radius 1 is 1.67 bits per heavy atom. The van der Waals surface area contributed by atoms with Crippen LogP contribution in [0.2, 0.25) is 0 Å². The number of nitrogens with one attached hydrogen (secondary N) is 1. The molecular formula is C11H15N5O2. The number of azide groups is 1. The minimum atomic E-state index is -1.05. The summed E-state index contributed by atoms with van der Waals surface area (Å²) in [5.41, 5.74) is 7.69. The number of ether oxygens (including phenoxy) is 1. The van der Waals surface area contributed by atoms with Gasteiger partial charge in [-0.15, -0.1) is 0 Å². The SMILES string of the molecule is COC(=O)C(C)(NCCN=[N+]=[N-])c1ccccn1. The first-order valence-electron chi connectivity index (χ1n) is 5.41. The maximum atomic E-state index is 11.9. The maximum Gasteiger partial charge on any atom is 0.332 e. The minimum absolute atomic E-state index is 0.246. The van der Waals surface area contributed by atoms with Crippen LogP contribution in [0.3, 0.4) is 0 Å². The summed E-state index contributed by atoms with van der Waals surface area (Å²) >= 11 is 0. The average Bonchev–Trinajstić information content (AvgIpc) is 2.43. The Labute approximate surface area is 105 Å². The summed E-state index contributed by atoms with van der Waals surface area (Å²) in [4.78, 5) is 18.7. The summed E-state index contributed by atoms with van der Waals surface area (Å²) in [7, 11) is 1.32. The van der Waals surface area contributed by atoms with E-state index in [2.05, 4.69) is 20.3 Å². The van der Waals surface area contributed by atoms with Crippen LogP contribution in [0.5, 0.6) is 0 Å². The Bertz CT molecular complexity index is 444. The van der Waals surface area contributed by atoms with Crippen molar-refractivity contribution < 1.29 is 9.53 Å². The van der Waals surface area contributed by atoms with Gasteiger partial charge < -0.3 is 4.74 Å². The molecule has 0 saturated carbocycles. The maximum absolute atomic E-state index is 11.9. The molecule has 0 amide bonds. The van der Waals surface area contributed by atoms with E-state index in [-0.39, 0.29) is 6.54 Å². The van der Waals surface area contributed by atoms with Crippen LogP contribution in [0, 0.1) is 0 Å². The van der Waals surface area contributed by atoms with Gasteiger partial charge in [0.05, 0.1) is 12.8 Å². The first-order valence-corrected chi connectivity index (χ1v) is 5.41. The molecule has 1 N–H and O–H groups in total. The molecule has 96 valence electrons. The topological polar surface area (TPSA) is 100.0 Å². The highest BCUT2D eigenvalue weighted by atomic mass is 16.5. The fourth-order valence-electron chi connectivity index (χ4n) is 1.53. The molecule has 1 heterocycles. The molecule has 0 spiro atoms. The lowest BCUT2D eigenvalue weighted by atomic mass is 9.97. The molecule has 0 saturated heterocycles. The Morgan fingerprint density at radius 3 is 3.00 bits per heavy atom. The van der Waals surface area contributed by atoms with E-state index in [1.807, 2.05) is 0 Å². The van der Waals surface area contributed by atoms with Gasteiger partial charge in [0.2, 0.25) is 0 Å². The number of nitrogens with zero attached hydrogens (tertiary/aromatic N) is 4. The van der Waals surface area contributed by atoms with Gasteiger partial charge in [0.1, 0.15) is 0 Å². The second-order valence-electron chi connectivity index (χ2n) is 3.71. The fraction of sp³-hybridized carbons (Fsp3) is 0.455. The summed E-state index contributed by atoms with van der Waals surface area (Å²) in [6.45, 7) is 2.28. The van der Waals surface area contributed by atoms with Crippen molar-refractivity contribution in [3.05, 3.63) is 40.5 Å². The van der Waals surface area contributed by atoms with Crippen molar-refractivity contribution in [3.63, 3.8) is 0 Å². The van der Waals surface area contributed by atoms with E-state index in [1.54, 1.807) is 31.3 Å². The van der Waals surface area contributed by atoms with E-state index in [1.165, 1.54) is 7.11 Å². The number of aromatic nitrogens is 1. The highest BCUT2D eigenvalue weighted by Gasteiger charge is 2.36. The van der Waals surface area contributed by atoms with Crippen LogP contribution < -0.4 is 5.32 Å². The number of carbonyl (C=O) groups excluding carboxylic acids is 1. The van der Waals surface area contributed by atoms with Crippen LogP contribution in [-0.2, 0) is 15.1 Å². The van der Waals surface area contributed by atoms with Gasteiger partial charge in [0, 0.05) is 24.2 Å². The number of hydrogen-bond acceptors (Lipinski definition) is 5. The summed E-state index contributed by atoms with van der Waals surface area (Å²) in [6.07, 6.45) is 1.60. The van der Waals surface area contributed by atoms with Crippen LogP contribution in [0.4, 0.5) is 0 Å². The number of esters is 1. The van der Waals surface area contributed by atoms with Gasteiger partial charge in [-0.2, -0.15) is 0 Å². The second kappa shape index (κ2) is 6.58. The van der Waals surface area contributed by atoms with Crippen LogP contribution in [-0.4, -0.2) is 31.2 Å². The van der Waals surface area contributed by atoms with Gasteiger partial charge in [0.15, 0.2) is 5.54 Å². The third-order valence-corrected chi connectivity index (χ3v) is 2.52. The van der Waals surface area contributed by atoms with Gasteiger partial charge in [-0.05, 0) is 24.6 Å². The smallest absolute Gasteiger partial charge is 0.332 e. The van der Waals surface area contributed by atoms with E-state index in [4.69, 9.17) is 10.3 Å². The Balaban J connectivity index is 2.89. The molecule has 1 aromatic heterocycles. The van der Waals surface area contributed by atoms with Gasteiger partial charge >= 0.3 is 5.97 Å². The van der Waals surface area contributed by atoms with E-state index in [0.717, 1.165) is 0 Å². The molecular weight excluding hydrogens is 234 g/mol. The lowest BCUT2D eigenvalue weighted by Crippen LogP contribution is -2.48. The van der Waals surface area contributed by atoms with Gasteiger partial charge in [-0.3, -0.25) is 10.3 Å². The number of hydrogen-bond donors (Lipinski definition) is 1. The molecule has 0 aliphatic carbocycles. The van der Waals surface area contributed by atoms with Crippen molar-refractivity contribution in [1.29, 1.82) is 0 Å². The summed E-state index contributed by atoms with van der Waals surface area (Å²) in [6, 6.07) is 5.29. The highest BCUT2D eigenvalue weighted by molar-refractivity contribution is 5.81. The molecule has 0 aliphatic rings.